The molecule has 0 atom stereocenters. The van der Waals surface area contributed by atoms with Crippen LogP contribution in [0, 0.1) is 6.92 Å². The molecule has 0 aliphatic rings. The Kier molecular flexibility index (Phi) is 4.91. The van der Waals surface area contributed by atoms with Crippen LogP contribution in [0.15, 0.2) is 89.3 Å². The molecule has 0 fully saturated rings. The van der Waals surface area contributed by atoms with Crippen molar-refractivity contribution in [2.75, 3.05) is 0 Å². The number of halogens is 2. The van der Waals surface area contributed by atoms with E-state index in [9.17, 15) is 9.59 Å². The number of carbonyl (C=O) groups is 1. The fourth-order valence-electron chi connectivity index (χ4n) is 3.75. The van der Waals surface area contributed by atoms with E-state index >= 15 is 0 Å². The maximum Gasteiger partial charge on any atom is 0.336 e. The van der Waals surface area contributed by atoms with Gasteiger partial charge in [0.05, 0.1) is 5.39 Å². The van der Waals surface area contributed by atoms with Gasteiger partial charge in [-0.15, -0.1) is 0 Å². The molecule has 0 spiro atoms. The lowest BCUT2D eigenvalue weighted by Crippen LogP contribution is -2.01. The van der Waals surface area contributed by atoms with Crippen LogP contribution in [0.2, 0.25) is 0 Å². The molecule has 6 heteroatoms. The van der Waals surface area contributed by atoms with E-state index in [1.165, 1.54) is 6.07 Å². The van der Waals surface area contributed by atoms with E-state index in [0.29, 0.717) is 27.7 Å². The molecule has 31 heavy (non-hydrogen) atoms. The zero-order chi connectivity index (χ0) is 21.7. The molecule has 0 saturated carbocycles. The van der Waals surface area contributed by atoms with Crippen molar-refractivity contribution in [1.29, 1.82) is 0 Å². The van der Waals surface area contributed by atoms with Crippen molar-refractivity contribution in [2.45, 2.75) is 6.92 Å². The van der Waals surface area contributed by atoms with E-state index in [2.05, 4.69) is 31.9 Å². The average molecular weight is 538 g/mol. The molecule has 4 nitrogen and oxygen atoms in total. The zero-order valence-corrected chi connectivity index (χ0v) is 19.4. The van der Waals surface area contributed by atoms with Gasteiger partial charge in [-0.05, 0) is 66.6 Å². The maximum absolute atomic E-state index is 13.4. The summed E-state index contributed by atoms with van der Waals surface area (Å²) in [4.78, 5) is 25.6. The zero-order valence-electron chi connectivity index (χ0n) is 16.2. The minimum absolute atomic E-state index is 0.205. The largest absolute Gasteiger partial charge is 0.452 e. The quantitative estimate of drug-likeness (QED) is 0.179. The van der Waals surface area contributed by atoms with Crippen LogP contribution in [0.4, 0.5) is 0 Å². The molecule has 0 saturated heterocycles. The number of fused-ring (bicyclic) bond motifs is 3. The van der Waals surface area contributed by atoms with E-state index in [1.54, 1.807) is 12.1 Å². The molecule has 0 bridgehead atoms. The minimum Gasteiger partial charge on any atom is -0.452 e. The van der Waals surface area contributed by atoms with Crippen LogP contribution >= 0.6 is 31.9 Å². The average Bonchev–Trinajstić information content (AvgIpc) is 3.14. The smallest absolute Gasteiger partial charge is 0.336 e. The van der Waals surface area contributed by atoms with Gasteiger partial charge in [0.1, 0.15) is 11.2 Å². The molecule has 2 heterocycles. The lowest BCUT2D eigenvalue weighted by molar-refractivity contribution is 0.101. The normalized spacial score (nSPS) is 11.3. The van der Waals surface area contributed by atoms with Gasteiger partial charge < -0.3 is 8.83 Å². The molecule has 0 aliphatic heterocycles. The van der Waals surface area contributed by atoms with E-state index < -0.39 is 5.63 Å². The van der Waals surface area contributed by atoms with E-state index in [0.717, 1.165) is 25.5 Å². The fourth-order valence-corrected chi connectivity index (χ4v) is 4.27. The van der Waals surface area contributed by atoms with Crippen LogP contribution in [0.5, 0.6) is 0 Å². The fraction of sp³-hybridized carbons (Fsp3) is 0.0400. The van der Waals surface area contributed by atoms with Gasteiger partial charge in [-0.25, -0.2) is 4.79 Å². The van der Waals surface area contributed by atoms with Gasteiger partial charge in [-0.1, -0.05) is 44.0 Å². The molecule has 0 N–H and O–H groups in total. The highest BCUT2D eigenvalue weighted by Crippen LogP contribution is 2.40. The van der Waals surface area contributed by atoms with Crippen LogP contribution in [-0.2, 0) is 0 Å². The lowest BCUT2D eigenvalue weighted by Gasteiger charge is -2.06. The second kappa shape index (κ2) is 7.62. The summed E-state index contributed by atoms with van der Waals surface area (Å²) in [6.07, 6.45) is 0. The number of hydrogen-bond acceptors (Lipinski definition) is 4. The van der Waals surface area contributed by atoms with Crippen LogP contribution < -0.4 is 5.63 Å². The van der Waals surface area contributed by atoms with Gasteiger partial charge in [0.15, 0.2) is 5.76 Å². The Labute approximate surface area is 193 Å². The third-order valence-corrected chi connectivity index (χ3v) is 6.27. The number of ketones is 1. The second-order valence-corrected chi connectivity index (χ2v) is 9.04. The first-order valence-electron chi connectivity index (χ1n) is 9.48. The van der Waals surface area contributed by atoms with Gasteiger partial charge in [0.2, 0.25) is 5.78 Å². The Bertz CT molecular complexity index is 1530. The predicted molar refractivity (Wildman–Crippen MR) is 128 cm³/mol. The Balaban J connectivity index is 1.89. The van der Waals surface area contributed by atoms with Crippen molar-refractivity contribution in [3.05, 3.63) is 103 Å². The lowest BCUT2D eigenvalue weighted by atomic mass is 9.96. The molecule has 0 aliphatic carbocycles. The van der Waals surface area contributed by atoms with Crippen molar-refractivity contribution in [3.63, 3.8) is 0 Å². The highest BCUT2D eigenvalue weighted by molar-refractivity contribution is 9.10. The van der Waals surface area contributed by atoms with Gasteiger partial charge in [-0.2, -0.15) is 0 Å². The Morgan fingerprint density at radius 2 is 1.48 bits per heavy atom. The molecule has 0 radical (unpaired) electrons. The number of carbonyl (C=O) groups excluding carboxylic acids is 1. The molecule has 0 amide bonds. The highest BCUT2D eigenvalue weighted by Gasteiger charge is 2.26. The Hall–Kier alpha value is -2.96. The summed E-state index contributed by atoms with van der Waals surface area (Å²) in [6, 6.07) is 19.8. The van der Waals surface area contributed by atoms with Crippen LogP contribution in [0.3, 0.4) is 0 Å². The number of benzene rings is 3. The van der Waals surface area contributed by atoms with Crippen molar-refractivity contribution in [3.8, 4) is 11.1 Å². The summed E-state index contributed by atoms with van der Waals surface area (Å²) in [5.41, 5.74) is 3.16. The summed E-state index contributed by atoms with van der Waals surface area (Å²) in [7, 11) is 0. The molecule has 5 aromatic rings. The van der Waals surface area contributed by atoms with Crippen molar-refractivity contribution in [1.82, 2.24) is 0 Å². The van der Waals surface area contributed by atoms with Crippen molar-refractivity contribution < 1.29 is 13.6 Å². The first-order chi connectivity index (χ1) is 14.9. The standard InChI is InChI=1S/C25H14Br2O4/c1-13-12-20(28)31-24-18(13)10-11-19-22(24)21(14-2-6-16(26)7-3-14)25(30-19)23(29)15-4-8-17(27)9-5-15/h2-12H,1H3. The number of aryl methyl sites for hydroxylation is 1. The SMILES string of the molecule is Cc1cc(=O)oc2c1ccc1oc(C(=O)c3ccc(Br)cc3)c(-c3ccc(Br)cc3)c12. The van der Waals surface area contributed by atoms with Crippen molar-refractivity contribution in [2.24, 2.45) is 0 Å². The molecule has 152 valence electrons. The number of hydrogen-bond donors (Lipinski definition) is 0. The van der Waals surface area contributed by atoms with E-state index in [-0.39, 0.29) is 11.5 Å². The summed E-state index contributed by atoms with van der Waals surface area (Å²) < 4.78 is 13.5. The number of rotatable bonds is 3. The van der Waals surface area contributed by atoms with Crippen LogP contribution in [0.1, 0.15) is 21.7 Å². The van der Waals surface area contributed by atoms with Gasteiger partial charge in [-0.3, -0.25) is 4.79 Å². The molecule has 5 rings (SSSR count). The third kappa shape index (κ3) is 3.46. The van der Waals surface area contributed by atoms with Gasteiger partial charge >= 0.3 is 5.63 Å². The predicted octanol–water partition coefficient (Wildman–Crippen LogP) is 7.27. The molecular formula is C25H14Br2O4. The Morgan fingerprint density at radius 3 is 2.16 bits per heavy atom. The number of furan rings is 1. The summed E-state index contributed by atoms with van der Waals surface area (Å²) in [5.74, 6) is -0.0407. The summed E-state index contributed by atoms with van der Waals surface area (Å²) in [5, 5.41) is 1.41. The topological polar surface area (TPSA) is 60.4 Å². The van der Waals surface area contributed by atoms with Crippen LogP contribution in [-0.4, -0.2) is 5.78 Å². The monoisotopic (exact) mass is 536 g/mol. The third-order valence-electron chi connectivity index (χ3n) is 5.22. The molecule has 0 unspecified atom stereocenters. The summed E-state index contributed by atoms with van der Waals surface area (Å²) >= 11 is 6.85. The first-order valence-corrected chi connectivity index (χ1v) is 11.1. The second-order valence-electron chi connectivity index (χ2n) is 7.21. The minimum atomic E-state index is -0.443. The van der Waals surface area contributed by atoms with Crippen LogP contribution in [0.25, 0.3) is 33.1 Å². The first kappa shape index (κ1) is 20.0. The van der Waals surface area contributed by atoms with Gasteiger partial charge in [0, 0.05) is 31.5 Å². The Morgan fingerprint density at radius 1 is 0.839 bits per heavy atom. The van der Waals surface area contributed by atoms with Crippen molar-refractivity contribution >= 4 is 59.6 Å². The summed E-state index contributed by atoms with van der Waals surface area (Å²) in [6.45, 7) is 1.86. The molecular weight excluding hydrogens is 524 g/mol. The molecule has 2 aromatic heterocycles. The van der Waals surface area contributed by atoms with E-state index in [4.69, 9.17) is 8.83 Å². The highest BCUT2D eigenvalue weighted by atomic mass is 79.9. The van der Waals surface area contributed by atoms with Gasteiger partial charge in [0.25, 0.3) is 0 Å². The maximum atomic E-state index is 13.4. The van der Waals surface area contributed by atoms with E-state index in [1.807, 2.05) is 55.5 Å². The molecule has 3 aromatic carbocycles.